The molecule has 1 rings (SSSR count). The Hall–Kier alpha value is -1.30. The lowest BCUT2D eigenvalue weighted by molar-refractivity contribution is -0.141. The largest absolute Gasteiger partial charge is 0.481 e. The molecule has 17 heavy (non-hydrogen) atoms. The van der Waals surface area contributed by atoms with Gasteiger partial charge in [0.25, 0.3) is 0 Å². The van der Waals surface area contributed by atoms with Gasteiger partial charge in [0.2, 0.25) is 0 Å². The first-order chi connectivity index (χ1) is 7.73. The summed E-state index contributed by atoms with van der Waals surface area (Å²) in [6, 6.07) is -0.756. The second kappa shape index (κ2) is 4.91. The Labute approximate surface area is 101 Å². The minimum atomic E-state index is -0.939. The first-order valence-corrected chi connectivity index (χ1v) is 5.73. The number of rotatable bonds is 3. The van der Waals surface area contributed by atoms with Gasteiger partial charge in [-0.25, -0.2) is 4.79 Å². The summed E-state index contributed by atoms with van der Waals surface area (Å²) in [4.78, 5) is 24.0. The van der Waals surface area contributed by atoms with Crippen molar-refractivity contribution in [3.63, 3.8) is 0 Å². The van der Waals surface area contributed by atoms with E-state index in [0.717, 1.165) is 0 Å². The summed E-state index contributed by atoms with van der Waals surface area (Å²) in [5, 5.41) is 21.2. The Morgan fingerprint density at radius 2 is 2.00 bits per heavy atom. The van der Waals surface area contributed by atoms with Crippen LogP contribution in [0.1, 0.15) is 27.2 Å². The average Bonchev–Trinajstić information content (AvgIpc) is 2.57. The molecule has 1 aliphatic rings. The van der Waals surface area contributed by atoms with E-state index >= 15 is 0 Å². The van der Waals surface area contributed by atoms with Gasteiger partial charge in [0.1, 0.15) is 0 Å². The number of nitrogens with zero attached hydrogens (tertiary/aromatic N) is 1. The number of carbonyl (C=O) groups is 2. The molecule has 0 radical (unpaired) electrons. The van der Waals surface area contributed by atoms with Crippen LogP contribution in [0, 0.1) is 5.92 Å². The summed E-state index contributed by atoms with van der Waals surface area (Å²) < 4.78 is 0. The van der Waals surface area contributed by atoms with Gasteiger partial charge in [-0.2, -0.15) is 0 Å². The van der Waals surface area contributed by atoms with E-state index < -0.39 is 23.5 Å². The molecule has 3 atom stereocenters. The molecule has 0 spiro atoms. The van der Waals surface area contributed by atoms with Crippen molar-refractivity contribution in [1.82, 2.24) is 10.2 Å². The molecule has 3 N–H and O–H groups in total. The van der Waals surface area contributed by atoms with Gasteiger partial charge in [-0.05, 0) is 27.2 Å². The van der Waals surface area contributed by atoms with Crippen LogP contribution in [-0.4, -0.2) is 51.8 Å². The monoisotopic (exact) mass is 244 g/mol. The Kier molecular flexibility index (Phi) is 3.98. The minimum Gasteiger partial charge on any atom is -0.481 e. The number of likely N-dealkylation sites (tertiary alicyclic amines) is 1. The highest BCUT2D eigenvalue weighted by Crippen LogP contribution is 2.20. The van der Waals surface area contributed by atoms with Crippen molar-refractivity contribution in [2.24, 2.45) is 5.92 Å². The second-order valence-corrected chi connectivity index (χ2v) is 5.03. The Balaban J connectivity index is 2.48. The third kappa shape index (κ3) is 3.59. The number of nitrogens with one attached hydrogen (secondary N) is 1. The van der Waals surface area contributed by atoms with Crippen molar-refractivity contribution in [1.29, 1.82) is 0 Å². The summed E-state index contributed by atoms with van der Waals surface area (Å²) >= 11 is 0. The summed E-state index contributed by atoms with van der Waals surface area (Å²) in [5.41, 5.74) is -0.834. The van der Waals surface area contributed by atoms with Gasteiger partial charge >= 0.3 is 12.0 Å². The number of hydrogen-bond donors (Lipinski definition) is 3. The van der Waals surface area contributed by atoms with Crippen LogP contribution in [0.5, 0.6) is 0 Å². The standard InChI is InChI=1S/C11H20N2O4/c1-7(9(14)15)8(2)12-10(16)13-5-4-11(3,17)6-13/h7-8,17H,4-6H2,1-3H3,(H,12,16)(H,14,15). The van der Waals surface area contributed by atoms with Gasteiger partial charge in [-0.3, -0.25) is 4.79 Å². The summed E-state index contributed by atoms with van der Waals surface area (Å²) in [7, 11) is 0. The molecule has 0 aromatic carbocycles. The first-order valence-electron chi connectivity index (χ1n) is 5.73. The maximum absolute atomic E-state index is 11.8. The van der Waals surface area contributed by atoms with Crippen LogP contribution in [0.3, 0.4) is 0 Å². The van der Waals surface area contributed by atoms with Crippen LogP contribution in [0.2, 0.25) is 0 Å². The average molecular weight is 244 g/mol. The van der Waals surface area contributed by atoms with Gasteiger partial charge in [0.05, 0.1) is 18.1 Å². The number of hydrogen-bond acceptors (Lipinski definition) is 3. The topological polar surface area (TPSA) is 89.9 Å². The fourth-order valence-corrected chi connectivity index (χ4v) is 1.74. The SMILES string of the molecule is CC(NC(=O)N1CCC(C)(O)C1)C(C)C(=O)O. The number of β-amino-alcohol motifs (C(OH)–C–C–N with tert-alkyl or cyclic N) is 1. The van der Waals surface area contributed by atoms with Crippen LogP contribution in [0.15, 0.2) is 0 Å². The third-order valence-corrected chi connectivity index (χ3v) is 3.23. The lowest BCUT2D eigenvalue weighted by atomic mass is 10.0. The molecule has 6 heteroatoms. The molecule has 6 nitrogen and oxygen atoms in total. The Bertz CT molecular complexity index is 317. The maximum Gasteiger partial charge on any atom is 0.317 e. The number of amides is 2. The molecule has 3 unspecified atom stereocenters. The molecule has 0 saturated carbocycles. The van der Waals surface area contributed by atoms with Crippen molar-refractivity contribution in [3.05, 3.63) is 0 Å². The van der Waals surface area contributed by atoms with E-state index in [1.165, 1.54) is 4.90 Å². The van der Waals surface area contributed by atoms with Crippen LogP contribution in [0.4, 0.5) is 4.79 Å². The van der Waals surface area contributed by atoms with E-state index in [1.54, 1.807) is 20.8 Å². The highest BCUT2D eigenvalue weighted by molar-refractivity contribution is 5.77. The second-order valence-electron chi connectivity index (χ2n) is 5.03. The first kappa shape index (κ1) is 13.8. The molecule has 0 aliphatic carbocycles. The van der Waals surface area contributed by atoms with Crippen LogP contribution < -0.4 is 5.32 Å². The lowest BCUT2D eigenvalue weighted by Crippen LogP contribution is -2.47. The molecule has 0 aromatic rings. The van der Waals surface area contributed by atoms with Crippen LogP contribution >= 0.6 is 0 Å². The number of urea groups is 1. The molecule has 1 heterocycles. The van der Waals surface area contributed by atoms with Crippen molar-refractivity contribution in [2.45, 2.75) is 38.8 Å². The highest BCUT2D eigenvalue weighted by atomic mass is 16.4. The van der Waals surface area contributed by atoms with Gasteiger partial charge < -0.3 is 20.4 Å². The van der Waals surface area contributed by atoms with E-state index in [0.29, 0.717) is 13.0 Å². The van der Waals surface area contributed by atoms with Crippen LogP contribution in [0.25, 0.3) is 0 Å². The van der Waals surface area contributed by atoms with E-state index in [2.05, 4.69) is 5.32 Å². The number of carbonyl (C=O) groups excluding carboxylic acids is 1. The zero-order valence-electron chi connectivity index (χ0n) is 10.4. The number of carboxylic acid groups (broad SMARTS) is 1. The summed E-state index contributed by atoms with van der Waals surface area (Å²) in [6.45, 7) is 5.67. The van der Waals surface area contributed by atoms with Crippen molar-refractivity contribution < 1.29 is 19.8 Å². The fraction of sp³-hybridized carbons (Fsp3) is 0.818. The quantitative estimate of drug-likeness (QED) is 0.664. The smallest absolute Gasteiger partial charge is 0.317 e. The Morgan fingerprint density at radius 3 is 2.41 bits per heavy atom. The van der Waals surface area contributed by atoms with E-state index in [9.17, 15) is 14.7 Å². The molecular weight excluding hydrogens is 224 g/mol. The number of carboxylic acids is 1. The van der Waals surface area contributed by atoms with Crippen molar-refractivity contribution in [3.8, 4) is 0 Å². The molecule has 1 saturated heterocycles. The molecule has 1 aliphatic heterocycles. The zero-order valence-corrected chi connectivity index (χ0v) is 10.4. The molecule has 98 valence electrons. The van der Waals surface area contributed by atoms with E-state index in [1.807, 2.05) is 0 Å². The Morgan fingerprint density at radius 1 is 1.41 bits per heavy atom. The predicted octanol–water partition coefficient (Wildman–Crippen LogP) is 0.262. The van der Waals surface area contributed by atoms with Gasteiger partial charge in [-0.15, -0.1) is 0 Å². The molecule has 0 aromatic heterocycles. The lowest BCUT2D eigenvalue weighted by Gasteiger charge is -2.23. The molecular formula is C11H20N2O4. The molecule has 1 fully saturated rings. The number of aliphatic carboxylic acids is 1. The molecule has 0 bridgehead atoms. The van der Waals surface area contributed by atoms with E-state index in [-0.39, 0.29) is 12.6 Å². The predicted molar refractivity (Wildman–Crippen MR) is 61.6 cm³/mol. The zero-order chi connectivity index (χ0) is 13.2. The van der Waals surface area contributed by atoms with E-state index in [4.69, 9.17) is 5.11 Å². The summed E-state index contributed by atoms with van der Waals surface area (Å²) in [6.07, 6.45) is 0.545. The highest BCUT2D eigenvalue weighted by Gasteiger charge is 2.34. The van der Waals surface area contributed by atoms with Crippen LogP contribution in [-0.2, 0) is 4.79 Å². The fourth-order valence-electron chi connectivity index (χ4n) is 1.74. The normalized spacial score (nSPS) is 27.6. The maximum atomic E-state index is 11.8. The van der Waals surface area contributed by atoms with Gasteiger partial charge in [-0.1, -0.05) is 0 Å². The van der Waals surface area contributed by atoms with Gasteiger partial charge in [0.15, 0.2) is 0 Å². The minimum absolute atomic E-state index is 0.285. The number of aliphatic hydroxyl groups is 1. The van der Waals surface area contributed by atoms with Crippen molar-refractivity contribution in [2.75, 3.05) is 13.1 Å². The van der Waals surface area contributed by atoms with Gasteiger partial charge in [0, 0.05) is 12.6 Å². The summed E-state index contributed by atoms with van der Waals surface area (Å²) in [5.74, 6) is -1.58. The third-order valence-electron chi connectivity index (χ3n) is 3.23. The molecule has 2 amide bonds. The van der Waals surface area contributed by atoms with Crippen molar-refractivity contribution >= 4 is 12.0 Å².